The van der Waals surface area contributed by atoms with E-state index in [-0.39, 0.29) is 0 Å². The Morgan fingerprint density at radius 1 is 1.21 bits per heavy atom. The van der Waals surface area contributed by atoms with E-state index in [2.05, 4.69) is 15.5 Å². The average molecular weight is 232 g/mol. The van der Waals surface area contributed by atoms with Crippen LogP contribution >= 0.6 is 23.2 Å². The first-order valence-corrected chi connectivity index (χ1v) is 5.46. The van der Waals surface area contributed by atoms with Crippen molar-refractivity contribution < 1.29 is 0 Å². The van der Waals surface area contributed by atoms with Crippen LogP contribution in [0.2, 0.25) is 10.3 Å². The molecule has 0 atom stereocenters. The van der Waals surface area contributed by atoms with Crippen LogP contribution in [0.3, 0.4) is 0 Å². The molecular weight excluding hydrogens is 221 g/mol. The largest absolute Gasteiger partial charge is 0.380 e. The minimum atomic E-state index is 0.370. The zero-order valence-electron chi connectivity index (χ0n) is 7.63. The van der Waals surface area contributed by atoms with Crippen LogP contribution in [0.5, 0.6) is 0 Å². The topological polar surface area (TPSA) is 37.8 Å². The van der Waals surface area contributed by atoms with Gasteiger partial charge in [0, 0.05) is 12.1 Å². The molecule has 76 valence electrons. The first-order chi connectivity index (χ1) is 6.75. The first kappa shape index (κ1) is 9.99. The lowest BCUT2D eigenvalue weighted by atomic mass is 10.2. The Morgan fingerprint density at radius 3 is 2.64 bits per heavy atom. The van der Waals surface area contributed by atoms with E-state index >= 15 is 0 Å². The summed E-state index contributed by atoms with van der Waals surface area (Å²) in [4.78, 5) is 0. The standard InChI is InChI=1S/C9H11Cl2N3/c10-8-5-7(9(11)14-13-8)12-6-3-1-2-4-6/h5-6H,1-4H2,(H,12,13). The Balaban J connectivity index is 2.10. The number of nitrogens with zero attached hydrogens (tertiary/aromatic N) is 2. The summed E-state index contributed by atoms with van der Waals surface area (Å²) in [6.07, 6.45) is 4.94. The molecule has 0 unspecified atom stereocenters. The molecular formula is C9H11Cl2N3. The number of hydrogen-bond acceptors (Lipinski definition) is 3. The molecule has 1 aliphatic carbocycles. The maximum absolute atomic E-state index is 5.88. The molecule has 2 rings (SSSR count). The third-order valence-corrected chi connectivity index (χ3v) is 2.90. The second-order valence-electron chi connectivity index (χ2n) is 3.50. The number of aromatic nitrogens is 2. The summed E-state index contributed by atoms with van der Waals surface area (Å²) in [7, 11) is 0. The molecule has 1 fully saturated rings. The van der Waals surface area contributed by atoms with Gasteiger partial charge in [-0.15, -0.1) is 10.2 Å². The van der Waals surface area contributed by atoms with Crippen molar-refractivity contribution in [3.05, 3.63) is 16.4 Å². The van der Waals surface area contributed by atoms with Gasteiger partial charge in [0.1, 0.15) is 0 Å². The molecule has 0 bridgehead atoms. The van der Waals surface area contributed by atoms with Gasteiger partial charge in [-0.05, 0) is 12.8 Å². The molecule has 1 aromatic heterocycles. The Morgan fingerprint density at radius 2 is 1.93 bits per heavy atom. The number of halogens is 2. The van der Waals surface area contributed by atoms with E-state index < -0.39 is 0 Å². The molecule has 1 aliphatic rings. The maximum Gasteiger partial charge on any atom is 0.174 e. The zero-order valence-corrected chi connectivity index (χ0v) is 9.15. The van der Waals surface area contributed by atoms with Crippen LogP contribution in [0, 0.1) is 0 Å². The lowest BCUT2D eigenvalue weighted by Gasteiger charge is -2.13. The molecule has 0 spiro atoms. The van der Waals surface area contributed by atoms with Crippen molar-refractivity contribution in [3.8, 4) is 0 Å². The first-order valence-electron chi connectivity index (χ1n) is 4.71. The lowest BCUT2D eigenvalue weighted by molar-refractivity contribution is 0.753. The molecule has 1 heterocycles. The summed E-state index contributed by atoms with van der Waals surface area (Å²) >= 11 is 11.6. The SMILES string of the molecule is Clc1cc(NC2CCCC2)c(Cl)nn1. The highest BCUT2D eigenvalue weighted by Gasteiger charge is 2.16. The van der Waals surface area contributed by atoms with E-state index in [1.807, 2.05) is 0 Å². The van der Waals surface area contributed by atoms with Gasteiger partial charge in [-0.25, -0.2) is 0 Å². The second kappa shape index (κ2) is 4.32. The van der Waals surface area contributed by atoms with Gasteiger partial charge in [0.2, 0.25) is 0 Å². The van der Waals surface area contributed by atoms with Gasteiger partial charge in [-0.1, -0.05) is 36.0 Å². The second-order valence-corrected chi connectivity index (χ2v) is 4.24. The van der Waals surface area contributed by atoms with Gasteiger partial charge in [-0.2, -0.15) is 0 Å². The predicted octanol–water partition coefficient (Wildman–Crippen LogP) is 3.14. The minimum absolute atomic E-state index is 0.370. The van der Waals surface area contributed by atoms with Crippen molar-refractivity contribution in [2.45, 2.75) is 31.7 Å². The minimum Gasteiger partial charge on any atom is -0.380 e. The van der Waals surface area contributed by atoms with Crippen molar-refractivity contribution in [3.63, 3.8) is 0 Å². The molecule has 0 amide bonds. The maximum atomic E-state index is 5.88. The summed E-state index contributed by atoms with van der Waals surface area (Å²) < 4.78 is 0. The Hall–Kier alpha value is -0.540. The molecule has 0 radical (unpaired) electrons. The van der Waals surface area contributed by atoms with Crippen LogP contribution < -0.4 is 5.32 Å². The van der Waals surface area contributed by atoms with E-state index in [0.29, 0.717) is 16.3 Å². The van der Waals surface area contributed by atoms with E-state index in [1.54, 1.807) is 6.07 Å². The van der Waals surface area contributed by atoms with Gasteiger partial charge in [0.25, 0.3) is 0 Å². The average Bonchev–Trinajstić information content (AvgIpc) is 2.64. The van der Waals surface area contributed by atoms with E-state index in [9.17, 15) is 0 Å². The quantitative estimate of drug-likeness (QED) is 0.851. The van der Waals surface area contributed by atoms with Crippen molar-refractivity contribution in [2.75, 3.05) is 5.32 Å². The number of rotatable bonds is 2. The summed E-state index contributed by atoms with van der Waals surface area (Å²) in [5.41, 5.74) is 0.790. The van der Waals surface area contributed by atoms with Gasteiger partial charge in [-0.3, -0.25) is 0 Å². The Labute approximate surface area is 92.8 Å². The highest BCUT2D eigenvalue weighted by atomic mass is 35.5. The Bertz CT molecular complexity index is 324. The van der Waals surface area contributed by atoms with Gasteiger partial charge >= 0.3 is 0 Å². The molecule has 0 saturated heterocycles. The number of hydrogen-bond donors (Lipinski definition) is 1. The summed E-state index contributed by atoms with van der Waals surface area (Å²) in [5.74, 6) is 0. The summed E-state index contributed by atoms with van der Waals surface area (Å²) in [5, 5.41) is 11.5. The molecule has 1 aromatic rings. The van der Waals surface area contributed by atoms with Crippen LogP contribution in [0.15, 0.2) is 6.07 Å². The predicted molar refractivity (Wildman–Crippen MR) is 57.9 cm³/mol. The van der Waals surface area contributed by atoms with Crippen LogP contribution in [0.25, 0.3) is 0 Å². The lowest BCUT2D eigenvalue weighted by Crippen LogP contribution is -2.15. The fraction of sp³-hybridized carbons (Fsp3) is 0.556. The van der Waals surface area contributed by atoms with E-state index in [1.165, 1.54) is 25.7 Å². The fourth-order valence-electron chi connectivity index (χ4n) is 1.74. The third kappa shape index (κ3) is 2.28. The molecule has 14 heavy (non-hydrogen) atoms. The third-order valence-electron chi connectivity index (χ3n) is 2.43. The van der Waals surface area contributed by atoms with Crippen LogP contribution in [0.4, 0.5) is 5.69 Å². The molecule has 1 N–H and O–H groups in total. The summed E-state index contributed by atoms with van der Waals surface area (Å²) in [6, 6.07) is 2.22. The van der Waals surface area contributed by atoms with Gasteiger partial charge < -0.3 is 5.32 Å². The monoisotopic (exact) mass is 231 g/mol. The molecule has 5 heteroatoms. The van der Waals surface area contributed by atoms with Gasteiger partial charge in [0.05, 0.1) is 5.69 Å². The molecule has 0 aromatic carbocycles. The van der Waals surface area contributed by atoms with Crippen LogP contribution in [-0.4, -0.2) is 16.2 Å². The van der Waals surface area contributed by atoms with Crippen molar-refractivity contribution in [1.29, 1.82) is 0 Å². The molecule has 0 aliphatic heterocycles. The zero-order chi connectivity index (χ0) is 9.97. The van der Waals surface area contributed by atoms with Crippen molar-refractivity contribution >= 4 is 28.9 Å². The van der Waals surface area contributed by atoms with Crippen molar-refractivity contribution in [2.24, 2.45) is 0 Å². The summed E-state index contributed by atoms with van der Waals surface area (Å²) in [6.45, 7) is 0. The van der Waals surface area contributed by atoms with Crippen LogP contribution in [-0.2, 0) is 0 Å². The van der Waals surface area contributed by atoms with Gasteiger partial charge in [0.15, 0.2) is 10.3 Å². The smallest absolute Gasteiger partial charge is 0.174 e. The highest BCUT2D eigenvalue weighted by molar-refractivity contribution is 6.33. The van der Waals surface area contributed by atoms with E-state index in [4.69, 9.17) is 23.2 Å². The van der Waals surface area contributed by atoms with Crippen molar-refractivity contribution in [1.82, 2.24) is 10.2 Å². The molecule has 3 nitrogen and oxygen atoms in total. The normalized spacial score (nSPS) is 17.3. The number of nitrogens with one attached hydrogen (secondary N) is 1. The Kier molecular flexibility index (Phi) is 3.08. The molecule has 1 saturated carbocycles. The highest BCUT2D eigenvalue weighted by Crippen LogP contribution is 2.26. The van der Waals surface area contributed by atoms with E-state index in [0.717, 1.165) is 5.69 Å². The van der Waals surface area contributed by atoms with Crippen LogP contribution in [0.1, 0.15) is 25.7 Å². The number of anilines is 1. The fourth-order valence-corrected chi connectivity index (χ4v) is 2.04.